The number of ether oxygens (including phenoxy) is 2. The fourth-order valence-corrected chi connectivity index (χ4v) is 4.40. The SMILES string of the molecule is Cc1ccnc(Cn2c(-c3ccc(C(=O)NC4COC4)cc3Cl)nc3c(OC4(C)CC4)ncnc32)c1. The van der Waals surface area contributed by atoms with Crippen LogP contribution in [0.4, 0.5) is 0 Å². The molecule has 0 unspecified atom stereocenters. The van der Waals surface area contributed by atoms with Gasteiger partial charge in [-0.15, -0.1) is 0 Å². The molecule has 1 saturated heterocycles. The first-order valence-electron chi connectivity index (χ1n) is 11.9. The van der Waals surface area contributed by atoms with E-state index in [2.05, 4.69) is 27.2 Å². The number of nitrogens with one attached hydrogen (secondary N) is 1. The molecule has 0 bridgehead atoms. The molecule has 1 aromatic carbocycles. The second kappa shape index (κ2) is 8.83. The van der Waals surface area contributed by atoms with Crippen molar-refractivity contribution in [3.63, 3.8) is 0 Å². The Morgan fingerprint density at radius 1 is 1.22 bits per heavy atom. The third kappa shape index (κ3) is 4.40. The van der Waals surface area contributed by atoms with Crippen molar-refractivity contribution in [1.29, 1.82) is 0 Å². The molecule has 1 N–H and O–H groups in total. The first-order valence-corrected chi connectivity index (χ1v) is 12.3. The zero-order chi connectivity index (χ0) is 24.9. The van der Waals surface area contributed by atoms with Crippen molar-refractivity contribution in [3.05, 3.63) is 64.7 Å². The summed E-state index contributed by atoms with van der Waals surface area (Å²) in [5.74, 6) is 0.865. The summed E-state index contributed by atoms with van der Waals surface area (Å²) in [5, 5.41) is 3.35. The van der Waals surface area contributed by atoms with Crippen LogP contribution >= 0.6 is 11.6 Å². The Morgan fingerprint density at radius 2 is 2.06 bits per heavy atom. The molecule has 4 aromatic rings. The molecule has 10 heteroatoms. The van der Waals surface area contributed by atoms with Crippen LogP contribution in [0, 0.1) is 6.92 Å². The Kier molecular flexibility index (Phi) is 5.61. The van der Waals surface area contributed by atoms with Crippen molar-refractivity contribution in [3.8, 4) is 17.3 Å². The van der Waals surface area contributed by atoms with Crippen LogP contribution in [-0.4, -0.2) is 55.3 Å². The molecule has 1 amide bonds. The van der Waals surface area contributed by atoms with Gasteiger partial charge >= 0.3 is 0 Å². The molecule has 0 spiro atoms. The fourth-order valence-electron chi connectivity index (χ4n) is 4.13. The number of hydrogen-bond acceptors (Lipinski definition) is 7. The standard InChI is InChI=1S/C26H25ClN6O3/c1-15-5-8-28-17(9-15)11-33-22(32-21-23(33)29-14-30-25(21)36-26(2)6-7-26)19-4-3-16(10-20(19)27)24(34)31-18-12-35-13-18/h3-5,8-10,14,18H,6-7,11-13H2,1-2H3,(H,31,34). The molecule has 184 valence electrons. The summed E-state index contributed by atoms with van der Waals surface area (Å²) >= 11 is 6.74. The van der Waals surface area contributed by atoms with E-state index < -0.39 is 0 Å². The zero-order valence-corrected chi connectivity index (χ0v) is 20.7. The average molecular weight is 505 g/mol. The van der Waals surface area contributed by atoms with Gasteiger partial charge in [0.2, 0.25) is 5.88 Å². The second-order valence-corrected chi connectivity index (χ2v) is 10.1. The van der Waals surface area contributed by atoms with Crippen molar-refractivity contribution in [2.75, 3.05) is 13.2 Å². The van der Waals surface area contributed by atoms with E-state index in [4.69, 9.17) is 26.1 Å². The van der Waals surface area contributed by atoms with Crippen LogP contribution in [0.3, 0.4) is 0 Å². The largest absolute Gasteiger partial charge is 0.470 e. The van der Waals surface area contributed by atoms with E-state index in [-0.39, 0.29) is 17.6 Å². The van der Waals surface area contributed by atoms with Gasteiger partial charge in [-0.3, -0.25) is 9.78 Å². The van der Waals surface area contributed by atoms with E-state index in [0.29, 0.717) is 58.8 Å². The quantitative estimate of drug-likeness (QED) is 0.406. The van der Waals surface area contributed by atoms with Gasteiger partial charge in [0.15, 0.2) is 11.2 Å². The number of amides is 1. The monoisotopic (exact) mass is 504 g/mol. The van der Waals surface area contributed by atoms with Crippen molar-refractivity contribution in [2.24, 2.45) is 0 Å². The van der Waals surface area contributed by atoms with Crippen LogP contribution < -0.4 is 10.1 Å². The molecule has 1 aliphatic carbocycles. The van der Waals surface area contributed by atoms with Gasteiger partial charge in [0.1, 0.15) is 17.8 Å². The summed E-state index contributed by atoms with van der Waals surface area (Å²) in [7, 11) is 0. The smallest absolute Gasteiger partial charge is 0.251 e. The van der Waals surface area contributed by atoms with E-state index in [1.165, 1.54) is 6.33 Å². The number of carbonyl (C=O) groups excluding carboxylic acids is 1. The number of fused-ring (bicyclic) bond motifs is 1. The molecule has 36 heavy (non-hydrogen) atoms. The summed E-state index contributed by atoms with van der Waals surface area (Å²) in [5.41, 5.74) is 4.10. The molecular weight excluding hydrogens is 480 g/mol. The third-order valence-corrected chi connectivity index (χ3v) is 6.85. The lowest BCUT2D eigenvalue weighted by Gasteiger charge is -2.26. The Bertz CT molecular complexity index is 1480. The minimum Gasteiger partial charge on any atom is -0.470 e. The molecule has 0 atom stereocenters. The van der Waals surface area contributed by atoms with Gasteiger partial charge in [0.25, 0.3) is 5.91 Å². The summed E-state index contributed by atoms with van der Waals surface area (Å²) in [6.45, 7) is 5.57. The number of imidazole rings is 1. The summed E-state index contributed by atoms with van der Waals surface area (Å²) < 4.78 is 13.3. The molecule has 2 fully saturated rings. The molecule has 0 radical (unpaired) electrons. The molecule has 6 rings (SSSR count). The lowest BCUT2D eigenvalue weighted by atomic mass is 10.1. The van der Waals surface area contributed by atoms with Crippen LogP contribution in [0.1, 0.15) is 41.4 Å². The molecule has 3 aromatic heterocycles. The summed E-state index contributed by atoms with van der Waals surface area (Å²) in [6, 6.07) is 9.24. The Morgan fingerprint density at radius 3 is 2.75 bits per heavy atom. The lowest BCUT2D eigenvalue weighted by molar-refractivity contribution is -0.00346. The van der Waals surface area contributed by atoms with E-state index >= 15 is 0 Å². The number of nitrogens with zero attached hydrogens (tertiary/aromatic N) is 5. The molecule has 1 aliphatic heterocycles. The molecular formula is C26H25ClN6O3. The van der Waals surface area contributed by atoms with E-state index in [0.717, 1.165) is 24.1 Å². The maximum Gasteiger partial charge on any atom is 0.251 e. The predicted molar refractivity (Wildman–Crippen MR) is 134 cm³/mol. The third-order valence-electron chi connectivity index (χ3n) is 6.53. The number of benzene rings is 1. The maximum absolute atomic E-state index is 12.6. The molecule has 2 aliphatic rings. The predicted octanol–water partition coefficient (Wildman–Crippen LogP) is 3.96. The Labute approximate surface area is 212 Å². The molecule has 4 heterocycles. The van der Waals surface area contributed by atoms with Gasteiger partial charge in [-0.2, -0.15) is 4.98 Å². The highest BCUT2D eigenvalue weighted by molar-refractivity contribution is 6.33. The van der Waals surface area contributed by atoms with Crippen molar-refractivity contribution in [1.82, 2.24) is 29.8 Å². The van der Waals surface area contributed by atoms with E-state index in [1.807, 2.05) is 29.7 Å². The first-order chi connectivity index (χ1) is 17.4. The number of aromatic nitrogens is 5. The van der Waals surface area contributed by atoms with Crippen molar-refractivity contribution in [2.45, 2.75) is 44.9 Å². The normalized spacial score (nSPS) is 16.5. The number of pyridine rings is 1. The molecule has 1 saturated carbocycles. The van der Waals surface area contributed by atoms with Crippen molar-refractivity contribution < 1.29 is 14.3 Å². The second-order valence-electron chi connectivity index (χ2n) is 9.65. The van der Waals surface area contributed by atoms with Crippen LogP contribution in [0.25, 0.3) is 22.6 Å². The topological polar surface area (TPSA) is 104 Å². The number of halogens is 1. The Hall–Kier alpha value is -3.56. The average Bonchev–Trinajstić information content (AvgIpc) is 3.44. The Balaban J connectivity index is 1.43. The van der Waals surface area contributed by atoms with Crippen molar-refractivity contribution >= 4 is 28.7 Å². The van der Waals surface area contributed by atoms with E-state index in [1.54, 1.807) is 18.3 Å². The van der Waals surface area contributed by atoms with Crippen LogP contribution in [0.5, 0.6) is 5.88 Å². The number of aryl methyl sites for hydroxylation is 1. The van der Waals surface area contributed by atoms with Crippen LogP contribution in [0.2, 0.25) is 5.02 Å². The highest BCUT2D eigenvalue weighted by atomic mass is 35.5. The van der Waals surface area contributed by atoms with Gasteiger partial charge in [0.05, 0.1) is 36.5 Å². The lowest BCUT2D eigenvalue weighted by Crippen LogP contribution is -2.48. The van der Waals surface area contributed by atoms with Gasteiger partial charge < -0.3 is 19.4 Å². The van der Waals surface area contributed by atoms with Gasteiger partial charge in [0, 0.05) is 17.3 Å². The van der Waals surface area contributed by atoms with E-state index in [9.17, 15) is 4.79 Å². The van der Waals surface area contributed by atoms with Crippen LogP contribution in [0.15, 0.2) is 42.9 Å². The number of carbonyl (C=O) groups is 1. The highest BCUT2D eigenvalue weighted by Crippen LogP contribution is 2.41. The minimum atomic E-state index is -0.221. The summed E-state index contributed by atoms with van der Waals surface area (Å²) in [6.07, 6.45) is 5.23. The molecule has 9 nitrogen and oxygen atoms in total. The van der Waals surface area contributed by atoms with Crippen LogP contribution in [-0.2, 0) is 11.3 Å². The van der Waals surface area contributed by atoms with Gasteiger partial charge in [-0.25, -0.2) is 9.97 Å². The van der Waals surface area contributed by atoms with Gasteiger partial charge in [-0.05, 0) is 62.6 Å². The zero-order valence-electron chi connectivity index (χ0n) is 20.0. The summed E-state index contributed by atoms with van der Waals surface area (Å²) in [4.78, 5) is 31.0. The number of hydrogen-bond donors (Lipinski definition) is 1. The highest BCUT2D eigenvalue weighted by Gasteiger charge is 2.41. The number of rotatable bonds is 7. The van der Waals surface area contributed by atoms with Gasteiger partial charge in [-0.1, -0.05) is 11.6 Å². The maximum atomic E-state index is 12.6. The fraction of sp³-hybridized carbons (Fsp3) is 0.346. The first kappa shape index (κ1) is 22.9. The minimum absolute atomic E-state index is 0.0345.